The summed E-state index contributed by atoms with van der Waals surface area (Å²) < 4.78 is 0. The molecule has 12 rings (SSSR count). The Morgan fingerprint density at radius 3 is 0.946 bits per heavy atom. The van der Waals surface area contributed by atoms with E-state index in [1.807, 2.05) is 0 Å². The van der Waals surface area contributed by atoms with Crippen LogP contribution in [0.4, 0.5) is 0 Å². The van der Waals surface area contributed by atoms with Gasteiger partial charge in [0, 0.05) is 0 Å². The highest BCUT2D eigenvalue weighted by atomic mass is 14.2. The monoisotopic (exact) mass is 706 g/mol. The SMILES string of the molecule is c1ccc2c(-c3c4ccccc4cc4c3ccc3c(-c5cccc6c5ccc5c(-c7cccc8ccccc78)c7ccccc7cc56)cccc34)cccc2c1. The molecular weight excluding hydrogens is 673 g/mol. The normalized spacial score (nSPS) is 11.9. The van der Waals surface area contributed by atoms with E-state index in [0.717, 1.165) is 0 Å². The Hall–Kier alpha value is -7.28. The van der Waals surface area contributed by atoms with Crippen LogP contribution >= 0.6 is 0 Å². The molecule has 56 heavy (non-hydrogen) atoms. The molecule has 0 spiro atoms. The average Bonchev–Trinajstić information content (AvgIpc) is 3.26. The van der Waals surface area contributed by atoms with Crippen LogP contribution in [0.2, 0.25) is 0 Å². The van der Waals surface area contributed by atoms with Crippen molar-refractivity contribution in [3.8, 4) is 33.4 Å². The van der Waals surface area contributed by atoms with Gasteiger partial charge in [-0.25, -0.2) is 0 Å². The Kier molecular flexibility index (Phi) is 6.73. The van der Waals surface area contributed by atoms with Gasteiger partial charge in [0.2, 0.25) is 0 Å². The van der Waals surface area contributed by atoms with Crippen LogP contribution in [0.15, 0.2) is 206 Å². The van der Waals surface area contributed by atoms with E-state index in [1.165, 1.54) is 120 Å². The highest BCUT2D eigenvalue weighted by Gasteiger charge is 2.18. The Bertz CT molecular complexity index is 3340. The molecule has 0 atom stereocenters. The third-order valence-corrected chi connectivity index (χ3v) is 12.2. The minimum Gasteiger partial charge on any atom is -0.0616 e. The van der Waals surface area contributed by atoms with E-state index in [4.69, 9.17) is 0 Å². The smallest absolute Gasteiger partial charge is 0.00204 e. The molecule has 0 N–H and O–H groups in total. The average molecular weight is 707 g/mol. The first kappa shape index (κ1) is 31.1. The minimum atomic E-state index is 1.25. The van der Waals surface area contributed by atoms with Gasteiger partial charge in [0.15, 0.2) is 0 Å². The van der Waals surface area contributed by atoms with Gasteiger partial charge >= 0.3 is 0 Å². The van der Waals surface area contributed by atoms with E-state index in [0.29, 0.717) is 0 Å². The zero-order valence-electron chi connectivity index (χ0n) is 30.6. The quantitative estimate of drug-likeness (QED) is 0.127. The summed E-state index contributed by atoms with van der Waals surface area (Å²) in [4.78, 5) is 0. The molecule has 0 aliphatic rings. The van der Waals surface area contributed by atoms with E-state index in [-0.39, 0.29) is 0 Å². The van der Waals surface area contributed by atoms with Gasteiger partial charge in [-0.3, -0.25) is 0 Å². The zero-order chi connectivity index (χ0) is 36.7. The Balaban J connectivity index is 1.13. The van der Waals surface area contributed by atoms with Gasteiger partial charge in [-0.15, -0.1) is 0 Å². The maximum absolute atomic E-state index is 2.40. The van der Waals surface area contributed by atoms with Crippen LogP contribution in [0.25, 0.3) is 120 Å². The Morgan fingerprint density at radius 1 is 0.161 bits per heavy atom. The molecule has 0 saturated carbocycles. The van der Waals surface area contributed by atoms with Gasteiger partial charge in [0.1, 0.15) is 0 Å². The molecule has 0 radical (unpaired) electrons. The van der Waals surface area contributed by atoms with Gasteiger partial charge in [-0.2, -0.15) is 0 Å². The molecule has 0 aliphatic heterocycles. The lowest BCUT2D eigenvalue weighted by Gasteiger charge is -2.18. The molecule has 0 unspecified atom stereocenters. The molecule has 12 aromatic rings. The molecular formula is C56H34. The van der Waals surface area contributed by atoms with Gasteiger partial charge in [0.25, 0.3) is 0 Å². The maximum atomic E-state index is 2.40. The molecule has 0 saturated heterocycles. The van der Waals surface area contributed by atoms with Crippen LogP contribution < -0.4 is 0 Å². The summed E-state index contributed by atoms with van der Waals surface area (Å²) in [5.41, 5.74) is 7.66. The molecule has 0 heteroatoms. The van der Waals surface area contributed by atoms with Gasteiger partial charge in [-0.05, 0) is 132 Å². The second-order valence-corrected chi connectivity index (χ2v) is 15.1. The van der Waals surface area contributed by atoms with Crippen molar-refractivity contribution < 1.29 is 0 Å². The van der Waals surface area contributed by atoms with Crippen LogP contribution in [0.5, 0.6) is 0 Å². The summed E-state index contributed by atoms with van der Waals surface area (Å²) in [7, 11) is 0. The minimum absolute atomic E-state index is 1.25. The van der Waals surface area contributed by atoms with E-state index in [9.17, 15) is 0 Å². The van der Waals surface area contributed by atoms with Crippen molar-refractivity contribution in [2.45, 2.75) is 0 Å². The van der Waals surface area contributed by atoms with E-state index in [2.05, 4.69) is 206 Å². The number of fused-ring (bicyclic) bond motifs is 10. The summed E-state index contributed by atoms with van der Waals surface area (Å²) in [6, 6.07) is 76.7. The first-order chi connectivity index (χ1) is 27.8. The van der Waals surface area contributed by atoms with E-state index in [1.54, 1.807) is 0 Å². The lowest BCUT2D eigenvalue weighted by molar-refractivity contribution is 1.69. The van der Waals surface area contributed by atoms with Crippen molar-refractivity contribution in [3.63, 3.8) is 0 Å². The van der Waals surface area contributed by atoms with Crippen LogP contribution in [0, 0.1) is 0 Å². The van der Waals surface area contributed by atoms with Crippen LogP contribution in [-0.4, -0.2) is 0 Å². The van der Waals surface area contributed by atoms with Crippen LogP contribution in [-0.2, 0) is 0 Å². The van der Waals surface area contributed by atoms with Gasteiger partial charge in [-0.1, -0.05) is 194 Å². The molecule has 0 fully saturated rings. The predicted molar refractivity (Wildman–Crippen MR) is 243 cm³/mol. The summed E-state index contributed by atoms with van der Waals surface area (Å²) in [6.45, 7) is 0. The summed E-state index contributed by atoms with van der Waals surface area (Å²) in [5, 5.41) is 20.3. The maximum Gasteiger partial charge on any atom is -0.00204 e. The zero-order valence-corrected chi connectivity index (χ0v) is 30.6. The first-order valence-corrected chi connectivity index (χ1v) is 19.5. The Morgan fingerprint density at radius 2 is 0.482 bits per heavy atom. The largest absolute Gasteiger partial charge is 0.0616 e. The highest BCUT2D eigenvalue weighted by Crippen LogP contribution is 2.46. The summed E-state index contributed by atoms with van der Waals surface area (Å²) in [5.74, 6) is 0. The fraction of sp³-hybridized carbons (Fsp3) is 0. The second-order valence-electron chi connectivity index (χ2n) is 15.1. The molecule has 0 nitrogen and oxygen atoms in total. The van der Waals surface area contributed by atoms with Crippen LogP contribution in [0.3, 0.4) is 0 Å². The fourth-order valence-corrected chi connectivity index (χ4v) is 9.75. The van der Waals surface area contributed by atoms with Gasteiger partial charge in [0.05, 0.1) is 0 Å². The number of rotatable bonds is 3. The van der Waals surface area contributed by atoms with Crippen LogP contribution in [0.1, 0.15) is 0 Å². The standard InChI is InChI=1S/C56H34/c1-5-19-39-35(13-1)17-9-27-49(39)55-41-21-7-3-15-37(41)33-53-45-25-11-23-43(47(45)29-31-51(53)55)44-24-12-26-46-48(44)30-32-52-54(46)34-38-16-4-8-22-42(38)56(52)50-28-10-18-36-14-2-6-20-40(36)50/h1-34H. The van der Waals surface area contributed by atoms with Crippen molar-refractivity contribution in [2.24, 2.45) is 0 Å². The summed E-state index contributed by atoms with van der Waals surface area (Å²) in [6.07, 6.45) is 0. The topological polar surface area (TPSA) is 0 Å². The third-order valence-electron chi connectivity index (χ3n) is 12.2. The van der Waals surface area contributed by atoms with E-state index >= 15 is 0 Å². The molecule has 12 aromatic carbocycles. The molecule has 0 bridgehead atoms. The fourth-order valence-electron chi connectivity index (χ4n) is 9.75. The number of hydrogen-bond acceptors (Lipinski definition) is 0. The third kappa shape index (κ3) is 4.54. The number of hydrogen-bond donors (Lipinski definition) is 0. The second kappa shape index (κ2) is 12.1. The van der Waals surface area contributed by atoms with E-state index < -0.39 is 0 Å². The molecule has 0 heterocycles. The highest BCUT2D eigenvalue weighted by molar-refractivity contribution is 6.26. The first-order valence-electron chi connectivity index (χ1n) is 19.5. The van der Waals surface area contributed by atoms with Crippen molar-refractivity contribution in [1.82, 2.24) is 0 Å². The summed E-state index contributed by atoms with van der Waals surface area (Å²) >= 11 is 0. The van der Waals surface area contributed by atoms with Crippen molar-refractivity contribution in [2.75, 3.05) is 0 Å². The molecule has 258 valence electrons. The predicted octanol–water partition coefficient (Wildman–Crippen LogP) is 15.9. The number of benzene rings is 12. The van der Waals surface area contributed by atoms with Crippen molar-refractivity contribution in [1.29, 1.82) is 0 Å². The molecule has 0 aromatic heterocycles. The Labute approximate surface area is 324 Å². The molecule has 0 amide bonds. The lowest BCUT2D eigenvalue weighted by Crippen LogP contribution is -1.91. The van der Waals surface area contributed by atoms with Crippen molar-refractivity contribution >= 4 is 86.2 Å². The van der Waals surface area contributed by atoms with Crippen molar-refractivity contribution in [3.05, 3.63) is 206 Å². The lowest BCUT2D eigenvalue weighted by atomic mass is 9.85. The van der Waals surface area contributed by atoms with Gasteiger partial charge < -0.3 is 0 Å². The molecule has 0 aliphatic carbocycles.